The molecule has 0 bridgehead atoms. The normalized spacial score (nSPS) is 11.4. The van der Waals surface area contributed by atoms with Crippen LogP contribution in [-0.2, 0) is 0 Å². The molecule has 7 aromatic carbocycles. The van der Waals surface area contributed by atoms with E-state index in [1.54, 1.807) is 0 Å². The highest BCUT2D eigenvalue weighted by molar-refractivity contribution is 6.12. The highest BCUT2D eigenvalue weighted by Crippen LogP contribution is 2.38. The lowest BCUT2D eigenvalue weighted by Crippen LogP contribution is -2.00. The van der Waals surface area contributed by atoms with Gasteiger partial charge in [-0.1, -0.05) is 152 Å². The predicted octanol–water partition coefficient (Wildman–Crippen LogP) is 11.3. The molecule has 220 valence electrons. The minimum atomic E-state index is 0.608. The molecular weight excluding hydrogens is 574 g/mol. The van der Waals surface area contributed by atoms with Gasteiger partial charge in [0, 0.05) is 27.5 Å². The molecule has 0 unspecified atom stereocenters. The standard InChI is InChI=1S/C43H27N3O/c1-3-12-28(13-4-1)33-19-9-16-30-17-10-20-34(39(30)33)29-24-26-32(27-25-29)42-44-41(31-14-5-2-6-15-31)45-43(46-42)36-21-11-23-38-40(36)35-18-7-8-22-37(35)47-38/h1-27H. The van der Waals surface area contributed by atoms with Crippen molar-refractivity contribution in [3.63, 3.8) is 0 Å². The van der Waals surface area contributed by atoms with Crippen LogP contribution in [0.4, 0.5) is 0 Å². The first kappa shape index (κ1) is 27.0. The summed E-state index contributed by atoms with van der Waals surface area (Å²) in [6.45, 7) is 0. The fourth-order valence-electron chi connectivity index (χ4n) is 6.54. The van der Waals surface area contributed by atoms with E-state index in [1.807, 2.05) is 60.7 Å². The summed E-state index contributed by atoms with van der Waals surface area (Å²) in [6.07, 6.45) is 0. The van der Waals surface area contributed by atoms with Crippen LogP contribution in [0.5, 0.6) is 0 Å². The number of rotatable bonds is 5. The Balaban J connectivity index is 1.20. The molecule has 4 heteroatoms. The lowest BCUT2D eigenvalue weighted by atomic mass is 9.91. The number of nitrogens with zero attached hydrogens (tertiary/aromatic N) is 3. The number of aromatic nitrogens is 3. The Labute approximate surface area is 271 Å². The fraction of sp³-hybridized carbons (Fsp3) is 0. The fourth-order valence-corrected chi connectivity index (χ4v) is 6.54. The van der Waals surface area contributed by atoms with Gasteiger partial charge in [-0.25, -0.2) is 15.0 Å². The van der Waals surface area contributed by atoms with E-state index < -0.39 is 0 Å². The van der Waals surface area contributed by atoms with Crippen molar-refractivity contribution in [1.82, 2.24) is 15.0 Å². The molecule has 0 saturated carbocycles. The molecule has 2 heterocycles. The molecule has 9 aromatic rings. The maximum atomic E-state index is 6.20. The maximum Gasteiger partial charge on any atom is 0.164 e. The summed E-state index contributed by atoms with van der Waals surface area (Å²) < 4.78 is 6.20. The molecule has 0 atom stereocenters. The highest BCUT2D eigenvalue weighted by Gasteiger charge is 2.18. The first-order valence-electron chi connectivity index (χ1n) is 15.7. The second kappa shape index (κ2) is 11.2. The minimum absolute atomic E-state index is 0.608. The van der Waals surface area contributed by atoms with Crippen LogP contribution in [0, 0.1) is 0 Å². The van der Waals surface area contributed by atoms with Gasteiger partial charge in [0.2, 0.25) is 0 Å². The van der Waals surface area contributed by atoms with Crippen molar-refractivity contribution in [1.29, 1.82) is 0 Å². The van der Waals surface area contributed by atoms with E-state index in [9.17, 15) is 0 Å². The summed E-state index contributed by atoms with van der Waals surface area (Å²) >= 11 is 0. The first-order chi connectivity index (χ1) is 23.3. The molecule has 0 spiro atoms. The van der Waals surface area contributed by atoms with Crippen LogP contribution < -0.4 is 0 Å². The van der Waals surface area contributed by atoms with Crippen LogP contribution in [0.25, 0.3) is 89.1 Å². The van der Waals surface area contributed by atoms with Crippen LogP contribution in [-0.4, -0.2) is 15.0 Å². The monoisotopic (exact) mass is 601 g/mol. The molecule has 0 radical (unpaired) electrons. The summed E-state index contributed by atoms with van der Waals surface area (Å²) in [7, 11) is 0. The summed E-state index contributed by atoms with van der Waals surface area (Å²) in [5, 5.41) is 4.49. The maximum absolute atomic E-state index is 6.20. The lowest BCUT2D eigenvalue weighted by molar-refractivity contribution is 0.669. The summed E-state index contributed by atoms with van der Waals surface area (Å²) in [5.41, 5.74) is 9.16. The first-order valence-corrected chi connectivity index (χ1v) is 15.7. The van der Waals surface area contributed by atoms with Gasteiger partial charge in [0.1, 0.15) is 11.2 Å². The molecule has 0 fully saturated rings. The SMILES string of the molecule is c1ccc(-c2nc(-c3ccc(-c4cccc5cccc(-c6ccccc6)c45)cc3)nc(-c3cccc4oc5ccccc5c34)n2)cc1. The molecule has 9 rings (SSSR count). The van der Waals surface area contributed by atoms with Crippen LogP contribution in [0.1, 0.15) is 0 Å². The largest absolute Gasteiger partial charge is 0.456 e. The van der Waals surface area contributed by atoms with Gasteiger partial charge in [-0.2, -0.15) is 0 Å². The number of fused-ring (bicyclic) bond motifs is 4. The number of hydrogen-bond donors (Lipinski definition) is 0. The molecule has 0 aliphatic carbocycles. The zero-order chi connectivity index (χ0) is 31.2. The Morgan fingerprint density at radius 1 is 0.319 bits per heavy atom. The lowest BCUT2D eigenvalue weighted by Gasteiger charge is -2.13. The summed E-state index contributed by atoms with van der Waals surface area (Å²) in [6, 6.07) is 56.4. The Bertz CT molecular complexity index is 2550. The van der Waals surface area contributed by atoms with Gasteiger partial charge in [-0.3, -0.25) is 0 Å². The van der Waals surface area contributed by atoms with Crippen molar-refractivity contribution in [2.24, 2.45) is 0 Å². The highest BCUT2D eigenvalue weighted by atomic mass is 16.3. The third kappa shape index (κ3) is 4.75. The number of furan rings is 1. The van der Waals surface area contributed by atoms with Gasteiger partial charge >= 0.3 is 0 Å². The second-order valence-electron chi connectivity index (χ2n) is 11.6. The van der Waals surface area contributed by atoms with Crippen LogP contribution in [0.2, 0.25) is 0 Å². The number of hydrogen-bond acceptors (Lipinski definition) is 4. The van der Waals surface area contributed by atoms with Gasteiger partial charge in [0.25, 0.3) is 0 Å². The second-order valence-corrected chi connectivity index (χ2v) is 11.6. The average Bonchev–Trinajstić information content (AvgIpc) is 3.54. The van der Waals surface area contributed by atoms with E-state index in [-0.39, 0.29) is 0 Å². The third-order valence-electron chi connectivity index (χ3n) is 8.75. The quantitative estimate of drug-likeness (QED) is 0.197. The third-order valence-corrected chi connectivity index (χ3v) is 8.75. The van der Waals surface area contributed by atoms with Crippen molar-refractivity contribution < 1.29 is 4.42 Å². The van der Waals surface area contributed by atoms with Crippen molar-refractivity contribution in [2.75, 3.05) is 0 Å². The Kier molecular flexibility index (Phi) is 6.43. The number of benzene rings is 7. The van der Waals surface area contributed by atoms with Gasteiger partial charge < -0.3 is 4.42 Å². The summed E-state index contributed by atoms with van der Waals surface area (Å²) in [5.74, 6) is 1.85. The zero-order valence-corrected chi connectivity index (χ0v) is 25.3. The van der Waals surface area contributed by atoms with Crippen LogP contribution >= 0.6 is 0 Å². The minimum Gasteiger partial charge on any atom is -0.456 e. The van der Waals surface area contributed by atoms with E-state index in [0.717, 1.165) is 44.2 Å². The van der Waals surface area contributed by atoms with Gasteiger partial charge in [-0.05, 0) is 45.2 Å². The molecule has 47 heavy (non-hydrogen) atoms. The van der Waals surface area contributed by atoms with Crippen molar-refractivity contribution in [2.45, 2.75) is 0 Å². The van der Waals surface area contributed by atoms with E-state index in [2.05, 4.69) is 103 Å². The smallest absolute Gasteiger partial charge is 0.164 e. The molecule has 0 aliphatic heterocycles. The Hall–Kier alpha value is -6.39. The molecule has 0 amide bonds. The van der Waals surface area contributed by atoms with Crippen LogP contribution in [0.3, 0.4) is 0 Å². The molecule has 0 aliphatic rings. The predicted molar refractivity (Wildman–Crippen MR) is 192 cm³/mol. The Morgan fingerprint density at radius 2 is 0.809 bits per heavy atom. The summed E-state index contributed by atoms with van der Waals surface area (Å²) in [4.78, 5) is 15.1. The zero-order valence-electron chi connectivity index (χ0n) is 25.3. The number of para-hydroxylation sites is 1. The molecular formula is C43H27N3O. The van der Waals surface area contributed by atoms with Crippen molar-refractivity contribution >= 4 is 32.7 Å². The van der Waals surface area contributed by atoms with Crippen molar-refractivity contribution in [3.8, 4) is 56.4 Å². The molecule has 0 N–H and O–H groups in total. The van der Waals surface area contributed by atoms with E-state index in [4.69, 9.17) is 19.4 Å². The molecule has 4 nitrogen and oxygen atoms in total. The van der Waals surface area contributed by atoms with Gasteiger partial charge in [0.05, 0.1) is 0 Å². The van der Waals surface area contributed by atoms with Crippen molar-refractivity contribution in [3.05, 3.63) is 164 Å². The van der Waals surface area contributed by atoms with Gasteiger partial charge in [-0.15, -0.1) is 0 Å². The van der Waals surface area contributed by atoms with E-state index in [0.29, 0.717) is 17.5 Å². The molecule has 0 saturated heterocycles. The van der Waals surface area contributed by atoms with E-state index >= 15 is 0 Å². The van der Waals surface area contributed by atoms with Crippen LogP contribution in [0.15, 0.2) is 168 Å². The topological polar surface area (TPSA) is 51.8 Å². The average molecular weight is 602 g/mol. The molecule has 2 aromatic heterocycles. The van der Waals surface area contributed by atoms with E-state index in [1.165, 1.54) is 27.5 Å². The Morgan fingerprint density at radius 3 is 1.51 bits per heavy atom. The van der Waals surface area contributed by atoms with Gasteiger partial charge in [0.15, 0.2) is 17.5 Å².